The van der Waals surface area contributed by atoms with Gasteiger partial charge in [-0.1, -0.05) is 49.4 Å². The van der Waals surface area contributed by atoms with Gasteiger partial charge in [0.15, 0.2) is 0 Å². The third-order valence-corrected chi connectivity index (χ3v) is 5.67. The highest BCUT2D eigenvalue weighted by Gasteiger charge is 2.37. The summed E-state index contributed by atoms with van der Waals surface area (Å²) in [7, 11) is 0. The van der Waals surface area contributed by atoms with E-state index in [4.69, 9.17) is 11.6 Å². The van der Waals surface area contributed by atoms with E-state index < -0.39 is 0 Å². The van der Waals surface area contributed by atoms with Gasteiger partial charge in [-0.15, -0.1) is 0 Å². The predicted octanol–water partition coefficient (Wildman–Crippen LogP) is 3.57. The number of amides is 2. The first-order valence-electron chi connectivity index (χ1n) is 9.45. The van der Waals surface area contributed by atoms with Crippen LogP contribution in [0.2, 0.25) is 5.02 Å². The summed E-state index contributed by atoms with van der Waals surface area (Å²) in [5.74, 6) is -0.0239. The van der Waals surface area contributed by atoms with Gasteiger partial charge >= 0.3 is 0 Å². The second-order valence-corrected chi connectivity index (χ2v) is 7.70. The number of carbonyl (C=O) groups excluding carboxylic acids is 2. The Balaban J connectivity index is 1.46. The Morgan fingerprint density at radius 1 is 1.12 bits per heavy atom. The lowest BCUT2D eigenvalue weighted by atomic mass is 10.1. The number of likely N-dealkylation sites (tertiary alicyclic amines) is 1. The number of hydrogen-bond donors (Lipinski definition) is 1. The molecule has 2 amide bonds. The summed E-state index contributed by atoms with van der Waals surface area (Å²) in [4.78, 5) is 26.8. The summed E-state index contributed by atoms with van der Waals surface area (Å²) in [5.41, 5.74) is 1.15. The van der Waals surface area contributed by atoms with E-state index in [0.29, 0.717) is 25.6 Å². The molecule has 2 fully saturated rings. The van der Waals surface area contributed by atoms with Crippen LogP contribution in [0.1, 0.15) is 50.5 Å². The fourth-order valence-corrected chi connectivity index (χ4v) is 4.08. The van der Waals surface area contributed by atoms with Gasteiger partial charge in [0.25, 0.3) is 0 Å². The zero-order valence-corrected chi connectivity index (χ0v) is 15.4. The maximum absolute atomic E-state index is 12.4. The van der Waals surface area contributed by atoms with Gasteiger partial charge in [-0.05, 0) is 37.0 Å². The molecular weight excluding hydrogens is 336 g/mol. The van der Waals surface area contributed by atoms with Crippen LogP contribution in [0.3, 0.4) is 0 Å². The van der Waals surface area contributed by atoms with Gasteiger partial charge in [0.2, 0.25) is 11.8 Å². The third-order valence-electron chi connectivity index (χ3n) is 5.42. The van der Waals surface area contributed by atoms with E-state index in [1.54, 1.807) is 0 Å². The van der Waals surface area contributed by atoms with Crippen LogP contribution in [0, 0.1) is 5.92 Å². The van der Waals surface area contributed by atoms with Gasteiger partial charge in [0.1, 0.15) is 0 Å². The van der Waals surface area contributed by atoms with E-state index >= 15 is 0 Å². The highest BCUT2D eigenvalue weighted by Crippen LogP contribution is 2.28. The molecule has 1 saturated carbocycles. The lowest BCUT2D eigenvalue weighted by Gasteiger charge is -2.27. The second-order valence-electron chi connectivity index (χ2n) is 7.26. The van der Waals surface area contributed by atoms with E-state index in [2.05, 4.69) is 5.32 Å². The summed E-state index contributed by atoms with van der Waals surface area (Å²) < 4.78 is 0. The molecule has 1 aliphatic carbocycles. The minimum atomic E-state index is -0.194. The van der Waals surface area contributed by atoms with Crippen molar-refractivity contribution in [3.05, 3.63) is 34.9 Å². The molecule has 0 unspecified atom stereocenters. The van der Waals surface area contributed by atoms with Crippen molar-refractivity contribution in [3.8, 4) is 0 Å². The molecule has 3 rings (SSSR count). The van der Waals surface area contributed by atoms with Gasteiger partial charge in [0, 0.05) is 30.6 Å². The molecule has 0 bridgehead atoms. The van der Waals surface area contributed by atoms with Crippen LogP contribution in [0.5, 0.6) is 0 Å². The smallest absolute Gasteiger partial charge is 0.225 e. The predicted molar refractivity (Wildman–Crippen MR) is 99.5 cm³/mol. The number of carbonyl (C=O) groups is 2. The van der Waals surface area contributed by atoms with Gasteiger partial charge in [0.05, 0.1) is 5.92 Å². The first kappa shape index (κ1) is 18.2. The highest BCUT2D eigenvalue weighted by molar-refractivity contribution is 6.30. The number of nitrogens with zero attached hydrogens (tertiary/aromatic N) is 1. The topological polar surface area (TPSA) is 49.4 Å². The Kier molecular flexibility index (Phi) is 6.35. The zero-order chi connectivity index (χ0) is 17.6. The second kappa shape index (κ2) is 8.70. The van der Waals surface area contributed by atoms with Crippen LogP contribution in [0.25, 0.3) is 0 Å². The number of halogens is 1. The summed E-state index contributed by atoms with van der Waals surface area (Å²) in [6.07, 6.45) is 8.27. The van der Waals surface area contributed by atoms with Gasteiger partial charge in [-0.3, -0.25) is 9.59 Å². The van der Waals surface area contributed by atoms with E-state index in [-0.39, 0.29) is 17.7 Å². The van der Waals surface area contributed by atoms with Crippen LogP contribution in [0.15, 0.2) is 24.3 Å². The van der Waals surface area contributed by atoms with Crippen molar-refractivity contribution in [3.63, 3.8) is 0 Å². The van der Waals surface area contributed by atoms with Gasteiger partial charge in [-0.25, -0.2) is 0 Å². The first-order valence-corrected chi connectivity index (χ1v) is 9.83. The SMILES string of the molecule is O=C(NCCc1ccc(Cl)cc1)[C@H]1CC(=O)N(C2CCCCCC2)C1. The Labute approximate surface area is 154 Å². The molecule has 0 radical (unpaired) electrons. The van der Waals surface area contributed by atoms with Crippen molar-refractivity contribution in [2.75, 3.05) is 13.1 Å². The van der Waals surface area contributed by atoms with Crippen LogP contribution in [0.4, 0.5) is 0 Å². The largest absolute Gasteiger partial charge is 0.355 e. The summed E-state index contributed by atoms with van der Waals surface area (Å²) >= 11 is 5.88. The average Bonchev–Trinajstić information content (AvgIpc) is 2.82. The normalized spacial score (nSPS) is 22.0. The first-order chi connectivity index (χ1) is 12.1. The molecule has 25 heavy (non-hydrogen) atoms. The lowest BCUT2D eigenvalue weighted by Crippen LogP contribution is -2.38. The van der Waals surface area contributed by atoms with Gasteiger partial charge < -0.3 is 10.2 Å². The van der Waals surface area contributed by atoms with Crippen molar-refractivity contribution in [2.24, 2.45) is 5.92 Å². The lowest BCUT2D eigenvalue weighted by molar-refractivity contribution is -0.130. The van der Waals surface area contributed by atoms with Crippen molar-refractivity contribution in [1.29, 1.82) is 0 Å². The molecule has 1 aromatic carbocycles. The van der Waals surface area contributed by atoms with E-state index in [1.807, 2.05) is 29.2 Å². The Hall–Kier alpha value is -1.55. The van der Waals surface area contributed by atoms with Crippen molar-refractivity contribution in [2.45, 2.75) is 57.4 Å². The quantitative estimate of drug-likeness (QED) is 0.814. The van der Waals surface area contributed by atoms with E-state index in [9.17, 15) is 9.59 Å². The molecule has 4 nitrogen and oxygen atoms in total. The molecule has 1 heterocycles. The van der Waals surface area contributed by atoms with E-state index in [1.165, 1.54) is 25.7 Å². The fraction of sp³-hybridized carbons (Fsp3) is 0.600. The fourth-order valence-electron chi connectivity index (χ4n) is 3.96. The Morgan fingerprint density at radius 3 is 2.48 bits per heavy atom. The average molecular weight is 363 g/mol. The van der Waals surface area contributed by atoms with Crippen LogP contribution in [-0.4, -0.2) is 35.8 Å². The molecule has 1 N–H and O–H groups in total. The van der Waals surface area contributed by atoms with Crippen LogP contribution < -0.4 is 5.32 Å². The maximum atomic E-state index is 12.4. The standard InChI is InChI=1S/C20H27ClN2O2/c21-17-9-7-15(8-10-17)11-12-22-20(25)16-13-19(24)23(14-16)18-5-3-1-2-4-6-18/h7-10,16,18H,1-6,11-14H2,(H,22,25)/t16-/m0/s1. The molecule has 0 aromatic heterocycles. The molecule has 136 valence electrons. The Morgan fingerprint density at radius 2 is 1.80 bits per heavy atom. The zero-order valence-electron chi connectivity index (χ0n) is 14.7. The molecular formula is C20H27ClN2O2. The molecule has 1 aromatic rings. The van der Waals surface area contributed by atoms with Crippen molar-refractivity contribution >= 4 is 23.4 Å². The number of hydrogen-bond acceptors (Lipinski definition) is 2. The number of rotatable bonds is 5. The van der Waals surface area contributed by atoms with Crippen molar-refractivity contribution in [1.82, 2.24) is 10.2 Å². The minimum Gasteiger partial charge on any atom is -0.355 e. The van der Waals surface area contributed by atoms with Crippen molar-refractivity contribution < 1.29 is 9.59 Å². The highest BCUT2D eigenvalue weighted by atomic mass is 35.5. The monoisotopic (exact) mass is 362 g/mol. The molecule has 1 atom stereocenters. The summed E-state index contributed by atoms with van der Waals surface area (Å²) in [6.45, 7) is 1.19. The molecule has 1 aliphatic heterocycles. The summed E-state index contributed by atoms with van der Waals surface area (Å²) in [5, 5.41) is 3.71. The Bertz CT molecular complexity index is 594. The minimum absolute atomic E-state index is 0.0124. The van der Waals surface area contributed by atoms with Gasteiger partial charge in [-0.2, -0.15) is 0 Å². The molecule has 2 aliphatic rings. The van der Waals surface area contributed by atoms with Crippen LogP contribution in [-0.2, 0) is 16.0 Å². The summed E-state index contributed by atoms with van der Waals surface area (Å²) in [6, 6.07) is 8.02. The van der Waals surface area contributed by atoms with E-state index in [0.717, 1.165) is 29.8 Å². The third kappa shape index (κ3) is 4.97. The maximum Gasteiger partial charge on any atom is 0.225 e. The number of benzene rings is 1. The number of nitrogens with one attached hydrogen (secondary N) is 1. The molecule has 5 heteroatoms. The molecule has 1 saturated heterocycles. The molecule has 0 spiro atoms. The van der Waals surface area contributed by atoms with Crippen LogP contribution >= 0.6 is 11.6 Å².